The summed E-state index contributed by atoms with van der Waals surface area (Å²) in [5.74, 6) is 1.42. The predicted octanol–water partition coefficient (Wildman–Crippen LogP) is 5.32. The van der Waals surface area contributed by atoms with Crippen LogP contribution in [0.1, 0.15) is 37.4 Å². The number of carbonyl (C=O) groups is 1. The summed E-state index contributed by atoms with van der Waals surface area (Å²) in [6.45, 7) is 2.76. The number of hydrogen-bond acceptors (Lipinski definition) is 7. The van der Waals surface area contributed by atoms with E-state index in [1.165, 1.54) is 4.90 Å². The molecule has 0 bridgehead atoms. The van der Waals surface area contributed by atoms with Crippen LogP contribution in [0.2, 0.25) is 0 Å². The van der Waals surface area contributed by atoms with Crippen molar-refractivity contribution in [1.82, 2.24) is 9.88 Å². The Hall–Kier alpha value is -2.13. The average Bonchev–Trinajstić information content (AvgIpc) is 3.36. The lowest BCUT2D eigenvalue weighted by Gasteiger charge is -2.38. The van der Waals surface area contributed by atoms with E-state index in [4.69, 9.17) is 4.74 Å². The highest BCUT2D eigenvalue weighted by Crippen LogP contribution is 2.35. The lowest BCUT2D eigenvalue weighted by molar-refractivity contribution is -0.139. The topological polar surface area (TPSA) is 82.9 Å². The second-order valence-corrected chi connectivity index (χ2v) is 10.8. The smallest absolute Gasteiger partial charge is 0.303 e. The number of fused-ring (bicyclic) bond motifs is 1. The van der Waals surface area contributed by atoms with Gasteiger partial charge in [0.25, 0.3) is 0 Å². The Morgan fingerprint density at radius 1 is 1.32 bits per heavy atom. The third-order valence-corrected chi connectivity index (χ3v) is 8.54. The zero-order valence-electron chi connectivity index (χ0n) is 19.4. The molecule has 4 rings (SSSR count). The van der Waals surface area contributed by atoms with E-state index >= 15 is 0 Å². The molecular weight excluding hydrogens is 468 g/mol. The second kappa shape index (κ2) is 12.0. The number of aromatic nitrogens is 1. The van der Waals surface area contributed by atoms with Crippen LogP contribution in [-0.2, 0) is 4.79 Å². The average molecular weight is 501 g/mol. The number of hydrogen-bond donors (Lipinski definition) is 2. The van der Waals surface area contributed by atoms with Crippen molar-refractivity contribution in [1.29, 1.82) is 0 Å². The zero-order valence-corrected chi connectivity index (χ0v) is 21.1. The van der Waals surface area contributed by atoms with Crippen molar-refractivity contribution in [2.24, 2.45) is 11.8 Å². The minimum absolute atomic E-state index is 0.110. The molecule has 1 saturated heterocycles. The summed E-state index contributed by atoms with van der Waals surface area (Å²) in [7, 11) is 1.63. The van der Waals surface area contributed by atoms with Gasteiger partial charge in [0.15, 0.2) is 0 Å². The lowest BCUT2D eigenvalue weighted by atomic mass is 9.79. The van der Waals surface area contributed by atoms with Crippen molar-refractivity contribution < 1.29 is 19.7 Å². The van der Waals surface area contributed by atoms with Gasteiger partial charge in [-0.1, -0.05) is 0 Å². The van der Waals surface area contributed by atoms with Crippen LogP contribution in [0.25, 0.3) is 10.9 Å². The highest BCUT2D eigenvalue weighted by atomic mass is 32.2. The van der Waals surface area contributed by atoms with Gasteiger partial charge in [-0.3, -0.25) is 9.78 Å². The summed E-state index contributed by atoms with van der Waals surface area (Å²) < 4.78 is 5.35. The molecule has 0 amide bonds. The molecule has 1 aromatic carbocycles. The first-order valence-corrected chi connectivity index (χ1v) is 13.7. The maximum atomic E-state index is 11.6. The molecule has 6 nitrogen and oxygen atoms in total. The Morgan fingerprint density at radius 3 is 2.97 bits per heavy atom. The highest BCUT2D eigenvalue weighted by molar-refractivity contribution is 7.99. The fraction of sp³-hybridized carbons (Fsp3) is 0.462. The Labute approximate surface area is 209 Å². The number of piperidine rings is 1. The number of aliphatic hydroxyl groups is 1. The van der Waals surface area contributed by atoms with Gasteiger partial charge in [-0.05, 0) is 78.9 Å². The lowest BCUT2D eigenvalue weighted by Crippen LogP contribution is -2.42. The summed E-state index contributed by atoms with van der Waals surface area (Å²) in [4.78, 5) is 19.7. The molecule has 3 atom stereocenters. The van der Waals surface area contributed by atoms with E-state index in [-0.39, 0.29) is 12.3 Å². The molecule has 1 fully saturated rings. The van der Waals surface area contributed by atoms with Crippen LogP contribution in [0.5, 0.6) is 5.75 Å². The molecule has 2 N–H and O–H groups in total. The van der Waals surface area contributed by atoms with Crippen molar-refractivity contribution >= 4 is 40.0 Å². The fourth-order valence-electron chi connectivity index (χ4n) is 4.91. The molecule has 182 valence electrons. The summed E-state index contributed by atoms with van der Waals surface area (Å²) >= 11 is 3.57. The SMILES string of the molecule is COc1ccc2nccc([C@H](O)CC[C@@H]3CCN(CCSc4ccsc4)C[C@@H]3CC(=O)O)c2c1. The van der Waals surface area contributed by atoms with Gasteiger partial charge >= 0.3 is 5.97 Å². The van der Waals surface area contributed by atoms with E-state index in [2.05, 4.69) is 26.7 Å². The first-order valence-electron chi connectivity index (χ1n) is 11.7. The highest BCUT2D eigenvalue weighted by Gasteiger charge is 2.31. The molecule has 0 unspecified atom stereocenters. The summed E-state index contributed by atoms with van der Waals surface area (Å²) in [5.41, 5.74) is 1.68. The van der Waals surface area contributed by atoms with E-state index in [0.717, 1.165) is 60.4 Å². The van der Waals surface area contributed by atoms with Crippen molar-refractivity contribution in [2.75, 3.05) is 32.5 Å². The summed E-state index contributed by atoms with van der Waals surface area (Å²) in [6, 6.07) is 9.70. The number of methoxy groups -OCH3 is 1. The first kappa shape index (κ1) is 25.0. The predicted molar refractivity (Wildman–Crippen MR) is 138 cm³/mol. The van der Waals surface area contributed by atoms with Crippen LogP contribution < -0.4 is 4.74 Å². The van der Waals surface area contributed by atoms with Crippen LogP contribution in [0.15, 0.2) is 52.2 Å². The molecule has 3 aromatic rings. The molecule has 8 heteroatoms. The van der Waals surface area contributed by atoms with Crippen molar-refractivity contribution in [2.45, 2.75) is 36.7 Å². The van der Waals surface area contributed by atoms with Crippen LogP contribution in [-0.4, -0.2) is 58.6 Å². The van der Waals surface area contributed by atoms with Crippen molar-refractivity contribution in [3.05, 3.63) is 52.9 Å². The zero-order chi connectivity index (χ0) is 23.9. The van der Waals surface area contributed by atoms with Crippen LogP contribution in [0.3, 0.4) is 0 Å². The van der Waals surface area contributed by atoms with Crippen LogP contribution in [0.4, 0.5) is 0 Å². The van der Waals surface area contributed by atoms with Gasteiger partial charge in [0.1, 0.15) is 5.75 Å². The van der Waals surface area contributed by atoms with Crippen molar-refractivity contribution in [3.63, 3.8) is 0 Å². The third kappa shape index (κ3) is 6.50. The third-order valence-electron chi connectivity index (χ3n) is 6.74. The Bertz CT molecular complexity index is 1080. The molecule has 34 heavy (non-hydrogen) atoms. The number of aliphatic carboxylic acids is 1. The van der Waals surface area contributed by atoms with Gasteiger partial charge in [-0.25, -0.2) is 0 Å². The first-order chi connectivity index (χ1) is 16.5. The number of benzene rings is 1. The standard InChI is InChI=1S/C26H32N2O4S2/c1-32-20-3-4-24-23(15-20)22(6-9-27-24)25(29)5-2-18-7-10-28(16-19(18)14-26(30)31)11-13-34-21-8-12-33-17-21/h3-4,6,8-9,12,15,17-19,25,29H,2,5,7,10-11,13-14,16H2,1H3,(H,30,31)/t18-,19+,25-/m1/s1. The number of aliphatic hydroxyl groups excluding tert-OH is 1. The Balaban J connectivity index is 1.35. The van der Waals surface area contributed by atoms with E-state index in [0.29, 0.717) is 12.3 Å². The second-order valence-electron chi connectivity index (χ2n) is 8.89. The van der Waals surface area contributed by atoms with E-state index < -0.39 is 12.1 Å². The van der Waals surface area contributed by atoms with Crippen molar-refractivity contribution in [3.8, 4) is 5.75 Å². The minimum atomic E-state index is -0.739. The summed E-state index contributed by atoms with van der Waals surface area (Å²) in [6.07, 6.45) is 3.68. The molecule has 2 aromatic heterocycles. The number of rotatable bonds is 11. The monoisotopic (exact) mass is 500 g/mol. The number of ether oxygens (including phenoxy) is 1. The van der Waals surface area contributed by atoms with Gasteiger partial charge in [-0.2, -0.15) is 11.3 Å². The number of thioether (sulfide) groups is 1. The largest absolute Gasteiger partial charge is 0.497 e. The van der Waals surface area contributed by atoms with E-state index in [9.17, 15) is 15.0 Å². The Morgan fingerprint density at radius 2 is 2.21 bits per heavy atom. The molecule has 3 heterocycles. The number of nitrogens with zero attached hydrogens (tertiary/aromatic N) is 2. The van der Waals surface area contributed by atoms with Crippen LogP contribution in [0, 0.1) is 11.8 Å². The molecule has 0 spiro atoms. The molecule has 1 aliphatic rings. The van der Waals surface area contributed by atoms with Crippen LogP contribution >= 0.6 is 23.1 Å². The van der Waals surface area contributed by atoms with Gasteiger partial charge in [-0.15, -0.1) is 11.8 Å². The van der Waals surface area contributed by atoms with E-state index in [1.807, 2.05) is 36.0 Å². The number of carboxylic acids is 1. The molecule has 0 aliphatic carbocycles. The number of pyridine rings is 1. The number of carboxylic acid groups (broad SMARTS) is 1. The normalized spacial score (nSPS) is 19.8. The fourth-order valence-corrected chi connectivity index (χ4v) is 6.70. The summed E-state index contributed by atoms with van der Waals surface area (Å²) in [5, 5.41) is 25.7. The van der Waals surface area contributed by atoms with Gasteiger partial charge in [0.05, 0.1) is 18.7 Å². The maximum absolute atomic E-state index is 11.6. The maximum Gasteiger partial charge on any atom is 0.303 e. The Kier molecular flexibility index (Phi) is 8.83. The number of thiophene rings is 1. The van der Waals surface area contributed by atoms with Gasteiger partial charge in [0.2, 0.25) is 0 Å². The minimum Gasteiger partial charge on any atom is -0.497 e. The quantitative estimate of drug-likeness (QED) is 0.345. The molecule has 0 saturated carbocycles. The molecule has 1 aliphatic heterocycles. The van der Waals surface area contributed by atoms with Gasteiger partial charge in [0, 0.05) is 47.1 Å². The number of likely N-dealkylation sites (tertiary alicyclic amines) is 1. The van der Waals surface area contributed by atoms with E-state index in [1.54, 1.807) is 24.6 Å². The molecule has 0 radical (unpaired) electrons. The molecular formula is C26H32N2O4S2. The van der Waals surface area contributed by atoms with Gasteiger partial charge < -0.3 is 19.8 Å².